The number of hydrogen-bond donors (Lipinski definition) is 3. The number of nitrogens with one attached hydrogen (secondary N) is 2. The molecule has 3 N–H and O–H groups in total. The Morgan fingerprint density at radius 1 is 0.975 bits per heavy atom. The SMILES string of the molecule is CCCC(C)NC(=O)C(c1cccc(C)c1O)N(C(=O)C(NC(=O)OC(C)(C)C)C(C)CC)C(C)CCC(C)C. The van der Waals surface area contributed by atoms with Crippen LogP contribution in [-0.2, 0) is 14.3 Å². The van der Waals surface area contributed by atoms with Crippen LogP contribution in [0.2, 0.25) is 0 Å². The van der Waals surface area contributed by atoms with Gasteiger partial charge in [0.25, 0.3) is 0 Å². The first-order valence-corrected chi connectivity index (χ1v) is 14.9. The molecule has 1 aromatic carbocycles. The van der Waals surface area contributed by atoms with Crippen molar-refractivity contribution in [1.29, 1.82) is 0 Å². The van der Waals surface area contributed by atoms with E-state index in [0.717, 1.165) is 19.3 Å². The fourth-order valence-corrected chi connectivity index (χ4v) is 4.74. The number of alkyl carbamates (subject to hydrolysis) is 1. The number of phenols is 1. The molecule has 228 valence electrons. The molecule has 1 aromatic rings. The van der Waals surface area contributed by atoms with Gasteiger partial charge in [-0.2, -0.15) is 0 Å². The molecule has 5 atom stereocenters. The molecule has 0 aliphatic rings. The lowest BCUT2D eigenvalue weighted by Gasteiger charge is -2.40. The van der Waals surface area contributed by atoms with Crippen LogP contribution in [0.3, 0.4) is 0 Å². The Morgan fingerprint density at radius 3 is 2.12 bits per heavy atom. The maximum absolute atomic E-state index is 14.6. The summed E-state index contributed by atoms with van der Waals surface area (Å²) in [5.41, 5.74) is 0.248. The van der Waals surface area contributed by atoms with E-state index >= 15 is 0 Å². The third-order valence-corrected chi connectivity index (χ3v) is 7.24. The summed E-state index contributed by atoms with van der Waals surface area (Å²) >= 11 is 0. The number of para-hydroxylation sites is 1. The smallest absolute Gasteiger partial charge is 0.408 e. The molecule has 3 amide bonds. The molecule has 0 radical (unpaired) electrons. The standard InChI is InChI=1S/C32H55N3O5/c1-12-15-23(7)33-29(37)27(25-17-14-16-22(6)28(25)36)35(24(8)19-18-20(3)4)30(38)26(21(5)13-2)34-31(39)40-32(9,10)11/h14,16-17,20-21,23-24,26-27,36H,12-13,15,18-19H2,1-11H3,(H,33,37)(H,34,39). The number of carbonyl (C=O) groups excluding carboxylic acids is 3. The van der Waals surface area contributed by atoms with Crippen LogP contribution < -0.4 is 10.6 Å². The highest BCUT2D eigenvalue weighted by atomic mass is 16.6. The lowest BCUT2D eigenvalue weighted by molar-refractivity contribution is -0.146. The van der Waals surface area contributed by atoms with Crippen molar-refractivity contribution in [1.82, 2.24) is 15.5 Å². The molecule has 0 aromatic heterocycles. The normalized spacial score (nSPS) is 15.5. The van der Waals surface area contributed by atoms with Gasteiger partial charge in [-0.25, -0.2) is 4.79 Å². The average molecular weight is 562 g/mol. The largest absolute Gasteiger partial charge is 0.507 e. The first-order valence-electron chi connectivity index (χ1n) is 14.9. The second kappa shape index (κ2) is 15.9. The molecule has 0 heterocycles. The Hall–Kier alpha value is -2.77. The van der Waals surface area contributed by atoms with Gasteiger partial charge in [0, 0.05) is 17.6 Å². The van der Waals surface area contributed by atoms with Gasteiger partial charge in [-0.05, 0) is 78.2 Å². The van der Waals surface area contributed by atoms with Crippen molar-refractivity contribution in [3.05, 3.63) is 29.3 Å². The van der Waals surface area contributed by atoms with Gasteiger partial charge in [-0.3, -0.25) is 9.59 Å². The highest BCUT2D eigenvalue weighted by Gasteiger charge is 2.41. The minimum atomic E-state index is -1.08. The molecule has 1 rings (SSSR count). The van der Waals surface area contributed by atoms with Gasteiger partial charge in [0.05, 0.1) is 0 Å². The summed E-state index contributed by atoms with van der Waals surface area (Å²) in [7, 11) is 0. The molecular weight excluding hydrogens is 506 g/mol. The van der Waals surface area contributed by atoms with Crippen LogP contribution in [0.15, 0.2) is 18.2 Å². The summed E-state index contributed by atoms with van der Waals surface area (Å²) in [5.74, 6) is -0.574. The maximum atomic E-state index is 14.6. The van der Waals surface area contributed by atoms with E-state index in [2.05, 4.69) is 31.4 Å². The number of ether oxygens (including phenoxy) is 1. The molecule has 8 nitrogen and oxygen atoms in total. The van der Waals surface area contributed by atoms with Crippen molar-refractivity contribution in [2.45, 2.75) is 138 Å². The molecular formula is C32H55N3O5. The molecule has 0 bridgehead atoms. The van der Waals surface area contributed by atoms with Gasteiger partial charge < -0.3 is 25.4 Å². The summed E-state index contributed by atoms with van der Waals surface area (Å²) in [4.78, 5) is 43.0. The number of hydrogen-bond acceptors (Lipinski definition) is 5. The molecule has 0 saturated carbocycles. The van der Waals surface area contributed by atoms with Crippen LogP contribution in [-0.4, -0.2) is 51.6 Å². The van der Waals surface area contributed by atoms with E-state index in [1.165, 1.54) is 0 Å². The number of nitrogens with zero attached hydrogens (tertiary/aromatic N) is 1. The van der Waals surface area contributed by atoms with Crippen LogP contribution in [0.4, 0.5) is 4.79 Å². The molecule has 0 fully saturated rings. The summed E-state index contributed by atoms with van der Waals surface area (Å²) < 4.78 is 5.50. The average Bonchev–Trinajstić information content (AvgIpc) is 2.84. The molecule has 0 aliphatic carbocycles. The quantitative estimate of drug-likeness (QED) is 0.236. The van der Waals surface area contributed by atoms with E-state index in [1.54, 1.807) is 50.8 Å². The summed E-state index contributed by atoms with van der Waals surface area (Å²) in [6.45, 7) is 21.1. The zero-order valence-electron chi connectivity index (χ0n) is 26.8. The van der Waals surface area contributed by atoms with Crippen molar-refractivity contribution in [3.63, 3.8) is 0 Å². The predicted octanol–water partition coefficient (Wildman–Crippen LogP) is 6.64. The van der Waals surface area contributed by atoms with Crippen LogP contribution >= 0.6 is 0 Å². The molecule has 40 heavy (non-hydrogen) atoms. The van der Waals surface area contributed by atoms with Crippen molar-refractivity contribution >= 4 is 17.9 Å². The van der Waals surface area contributed by atoms with E-state index in [0.29, 0.717) is 29.9 Å². The van der Waals surface area contributed by atoms with Crippen LogP contribution in [0, 0.1) is 18.8 Å². The Morgan fingerprint density at radius 2 is 1.60 bits per heavy atom. The highest BCUT2D eigenvalue weighted by Crippen LogP contribution is 2.35. The third kappa shape index (κ3) is 10.7. The number of benzene rings is 1. The number of amides is 3. The Bertz CT molecular complexity index is 972. The minimum Gasteiger partial charge on any atom is -0.507 e. The molecule has 0 aliphatic heterocycles. The van der Waals surface area contributed by atoms with Crippen molar-refractivity contribution in [3.8, 4) is 5.75 Å². The van der Waals surface area contributed by atoms with Crippen LogP contribution in [0.5, 0.6) is 5.75 Å². The predicted molar refractivity (Wildman–Crippen MR) is 161 cm³/mol. The monoisotopic (exact) mass is 561 g/mol. The summed E-state index contributed by atoms with van der Waals surface area (Å²) in [5, 5.41) is 17.0. The second-order valence-corrected chi connectivity index (χ2v) is 12.7. The Kier molecular flexibility index (Phi) is 14.0. The van der Waals surface area contributed by atoms with Crippen LogP contribution in [0.1, 0.15) is 119 Å². The van der Waals surface area contributed by atoms with Crippen LogP contribution in [0.25, 0.3) is 0 Å². The minimum absolute atomic E-state index is 0.0140. The first kappa shape index (κ1) is 35.3. The Labute approximate surface area is 242 Å². The highest BCUT2D eigenvalue weighted by molar-refractivity contribution is 5.93. The maximum Gasteiger partial charge on any atom is 0.408 e. The fourth-order valence-electron chi connectivity index (χ4n) is 4.74. The molecule has 0 spiro atoms. The number of aromatic hydroxyl groups is 1. The molecule has 5 unspecified atom stereocenters. The van der Waals surface area contributed by atoms with E-state index < -0.39 is 23.8 Å². The Balaban J connectivity index is 3.76. The summed E-state index contributed by atoms with van der Waals surface area (Å²) in [6, 6.07) is 2.80. The van der Waals surface area contributed by atoms with Gasteiger partial charge in [-0.15, -0.1) is 0 Å². The van der Waals surface area contributed by atoms with Gasteiger partial charge in [0.1, 0.15) is 23.4 Å². The molecule has 8 heteroatoms. The van der Waals surface area contributed by atoms with Crippen molar-refractivity contribution in [2.24, 2.45) is 11.8 Å². The zero-order chi connectivity index (χ0) is 30.8. The summed E-state index contributed by atoms with van der Waals surface area (Å²) in [6.07, 6.45) is 3.12. The van der Waals surface area contributed by atoms with E-state index in [1.807, 2.05) is 27.7 Å². The fraction of sp³-hybridized carbons (Fsp3) is 0.719. The molecule has 0 saturated heterocycles. The lowest BCUT2D eigenvalue weighted by atomic mass is 9.92. The number of rotatable bonds is 14. The van der Waals surface area contributed by atoms with E-state index in [-0.39, 0.29) is 35.6 Å². The van der Waals surface area contributed by atoms with Crippen molar-refractivity contribution in [2.75, 3.05) is 0 Å². The third-order valence-electron chi connectivity index (χ3n) is 7.24. The number of phenolic OH excluding ortho intramolecular Hbond substituents is 1. The van der Waals surface area contributed by atoms with Gasteiger partial charge >= 0.3 is 6.09 Å². The first-order chi connectivity index (χ1) is 18.5. The number of carbonyl (C=O) groups is 3. The number of aryl methyl sites for hydroxylation is 1. The van der Waals surface area contributed by atoms with Gasteiger partial charge in [0.15, 0.2) is 0 Å². The van der Waals surface area contributed by atoms with E-state index in [4.69, 9.17) is 4.74 Å². The topological polar surface area (TPSA) is 108 Å². The lowest BCUT2D eigenvalue weighted by Crippen LogP contribution is -2.57. The van der Waals surface area contributed by atoms with Crippen molar-refractivity contribution < 1.29 is 24.2 Å². The van der Waals surface area contributed by atoms with E-state index in [9.17, 15) is 19.5 Å². The van der Waals surface area contributed by atoms with Gasteiger partial charge in [0.2, 0.25) is 11.8 Å². The zero-order valence-corrected chi connectivity index (χ0v) is 26.8. The second-order valence-electron chi connectivity index (χ2n) is 12.7. The van der Waals surface area contributed by atoms with Gasteiger partial charge in [-0.1, -0.05) is 65.7 Å².